The SMILES string of the molecule is O=C(NCC(O)Cc1ccccc1)c1ccc(F)cc1C(F)(F)F. The van der Waals surface area contributed by atoms with Gasteiger partial charge in [0.15, 0.2) is 0 Å². The molecule has 3 nitrogen and oxygen atoms in total. The molecule has 1 unspecified atom stereocenters. The number of alkyl halides is 3. The molecule has 2 rings (SSSR count). The number of hydrogen-bond donors (Lipinski definition) is 2. The number of carbonyl (C=O) groups excluding carboxylic acids is 1. The van der Waals surface area contributed by atoms with E-state index in [9.17, 15) is 27.5 Å². The van der Waals surface area contributed by atoms with Crippen LogP contribution < -0.4 is 5.32 Å². The lowest BCUT2D eigenvalue weighted by Gasteiger charge is -2.15. The first-order chi connectivity index (χ1) is 11.3. The van der Waals surface area contributed by atoms with Gasteiger partial charge in [-0.1, -0.05) is 30.3 Å². The van der Waals surface area contributed by atoms with Crippen molar-refractivity contribution in [3.8, 4) is 0 Å². The number of rotatable bonds is 5. The molecule has 128 valence electrons. The molecule has 0 heterocycles. The fraction of sp³-hybridized carbons (Fsp3) is 0.235. The molecule has 0 saturated carbocycles. The quantitative estimate of drug-likeness (QED) is 0.821. The molecule has 1 amide bonds. The molecule has 0 radical (unpaired) electrons. The molecule has 0 aliphatic heterocycles. The minimum absolute atomic E-state index is 0.220. The largest absolute Gasteiger partial charge is 0.417 e. The molecule has 24 heavy (non-hydrogen) atoms. The summed E-state index contributed by atoms with van der Waals surface area (Å²) in [7, 11) is 0. The number of benzene rings is 2. The average Bonchev–Trinajstić information content (AvgIpc) is 2.52. The molecule has 0 aliphatic carbocycles. The number of carbonyl (C=O) groups is 1. The maximum atomic E-state index is 13.0. The van der Waals surface area contributed by atoms with Crippen LogP contribution in [-0.4, -0.2) is 23.7 Å². The zero-order valence-electron chi connectivity index (χ0n) is 12.5. The van der Waals surface area contributed by atoms with Crippen LogP contribution in [0.1, 0.15) is 21.5 Å². The van der Waals surface area contributed by atoms with E-state index in [1.54, 1.807) is 24.3 Å². The average molecular weight is 341 g/mol. The van der Waals surface area contributed by atoms with Gasteiger partial charge in [0.25, 0.3) is 5.91 Å². The van der Waals surface area contributed by atoms with Gasteiger partial charge in [-0.05, 0) is 23.8 Å². The normalized spacial score (nSPS) is 12.7. The second kappa shape index (κ2) is 7.44. The Balaban J connectivity index is 2.02. The molecular weight excluding hydrogens is 326 g/mol. The van der Waals surface area contributed by atoms with Crippen molar-refractivity contribution >= 4 is 5.91 Å². The molecule has 0 fully saturated rings. The smallest absolute Gasteiger partial charge is 0.391 e. The Bertz CT molecular complexity index is 701. The summed E-state index contributed by atoms with van der Waals surface area (Å²) in [4.78, 5) is 11.9. The van der Waals surface area contributed by atoms with Crippen molar-refractivity contribution in [2.45, 2.75) is 18.7 Å². The van der Waals surface area contributed by atoms with Crippen LogP contribution in [0.5, 0.6) is 0 Å². The molecule has 0 aliphatic rings. The molecule has 2 aromatic rings. The number of halogens is 4. The van der Waals surface area contributed by atoms with E-state index in [4.69, 9.17) is 0 Å². The van der Waals surface area contributed by atoms with Crippen LogP contribution in [0.2, 0.25) is 0 Å². The van der Waals surface area contributed by atoms with Crippen molar-refractivity contribution < 1.29 is 27.5 Å². The van der Waals surface area contributed by atoms with Gasteiger partial charge in [-0.2, -0.15) is 13.2 Å². The first-order valence-electron chi connectivity index (χ1n) is 7.14. The predicted octanol–water partition coefficient (Wildman–Crippen LogP) is 3.18. The Labute approximate surface area is 135 Å². The molecule has 0 aromatic heterocycles. The van der Waals surface area contributed by atoms with Crippen molar-refractivity contribution in [2.75, 3.05) is 6.54 Å². The number of aliphatic hydroxyl groups is 1. The Hall–Kier alpha value is -2.41. The third-order valence-electron chi connectivity index (χ3n) is 3.34. The summed E-state index contributed by atoms with van der Waals surface area (Å²) < 4.78 is 51.7. The fourth-order valence-corrected chi connectivity index (χ4v) is 2.21. The molecule has 0 bridgehead atoms. The topological polar surface area (TPSA) is 49.3 Å². The van der Waals surface area contributed by atoms with Crippen LogP contribution in [0.15, 0.2) is 48.5 Å². The Morgan fingerprint density at radius 3 is 2.42 bits per heavy atom. The van der Waals surface area contributed by atoms with Gasteiger partial charge >= 0.3 is 6.18 Å². The summed E-state index contributed by atoms with van der Waals surface area (Å²) in [5.41, 5.74) is -1.20. The Morgan fingerprint density at radius 1 is 1.12 bits per heavy atom. The highest BCUT2D eigenvalue weighted by Crippen LogP contribution is 2.32. The van der Waals surface area contributed by atoms with Crippen LogP contribution in [0, 0.1) is 5.82 Å². The van der Waals surface area contributed by atoms with Crippen molar-refractivity contribution in [1.29, 1.82) is 0 Å². The number of amides is 1. The van der Waals surface area contributed by atoms with Crippen LogP contribution in [-0.2, 0) is 12.6 Å². The van der Waals surface area contributed by atoms with Crippen molar-refractivity contribution in [3.63, 3.8) is 0 Å². The summed E-state index contributed by atoms with van der Waals surface area (Å²) >= 11 is 0. The molecule has 0 spiro atoms. The second-order valence-corrected chi connectivity index (χ2v) is 5.24. The summed E-state index contributed by atoms with van der Waals surface area (Å²) in [5.74, 6) is -2.10. The molecule has 2 aromatic carbocycles. The van der Waals surface area contributed by atoms with Gasteiger partial charge in [0, 0.05) is 13.0 Å². The van der Waals surface area contributed by atoms with Gasteiger partial charge in [-0.25, -0.2) is 4.39 Å². The molecule has 0 saturated heterocycles. The first kappa shape index (κ1) is 17.9. The molecular formula is C17H15F4NO2. The lowest BCUT2D eigenvalue weighted by molar-refractivity contribution is -0.138. The maximum absolute atomic E-state index is 13.0. The third-order valence-corrected chi connectivity index (χ3v) is 3.34. The minimum Gasteiger partial charge on any atom is -0.391 e. The summed E-state index contributed by atoms with van der Waals surface area (Å²) in [6.07, 6.45) is -5.56. The Kier molecular flexibility index (Phi) is 5.56. The van der Waals surface area contributed by atoms with Gasteiger partial charge in [0.1, 0.15) is 5.82 Å². The van der Waals surface area contributed by atoms with Crippen molar-refractivity contribution in [3.05, 3.63) is 71.0 Å². The van der Waals surface area contributed by atoms with E-state index in [0.717, 1.165) is 17.7 Å². The highest BCUT2D eigenvalue weighted by Gasteiger charge is 2.35. The predicted molar refractivity (Wildman–Crippen MR) is 79.9 cm³/mol. The van der Waals surface area contributed by atoms with Crippen LogP contribution in [0.4, 0.5) is 17.6 Å². The van der Waals surface area contributed by atoms with E-state index in [2.05, 4.69) is 5.32 Å². The van der Waals surface area contributed by atoms with Crippen molar-refractivity contribution in [1.82, 2.24) is 5.32 Å². The highest BCUT2D eigenvalue weighted by molar-refractivity contribution is 5.95. The van der Waals surface area contributed by atoms with Crippen molar-refractivity contribution in [2.24, 2.45) is 0 Å². The van der Waals surface area contributed by atoms with Crippen LogP contribution >= 0.6 is 0 Å². The van der Waals surface area contributed by atoms with Gasteiger partial charge in [-0.15, -0.1) is 0 Å². The number of aliphatic hydroxyl groups excluding tert-OH is 1. The van der Waals surface area contributed by atoms with Gasteiger partial charge in [0.05, 0.1) is 17.2 Å². The van der Waals surface area contributed by atoms with E-state index in [0.29, 0.717) is 0 Å². The lowest BCUT2D eigenvalue weighted by atomic mass is 10.1. The number of hydrogen-bond acceptors (Lipinski definition) is 2. The zero-order chi connectivity index (χ0) is 17.7. The standard InChI is InChI=1S/C17H15F4NO2/c18-12-6-7-14(15(9-12)17(19,20)21)16(24)22-10-13(23)8-11-4-2-1-3-5-11/h1-7,9,13,23H,8,10H2,(H,22,24). The first-order valence-corrected chi connectivity index (χ1v) is 7.14. The maximum Gasteiger partial charge on any atom is 0.417 e. The van der Waals surface area contributed by atoms with Crippen LogP contribution in [0.3, 0.4) is 0 Å². The second-order valence-electron chi connectivity index (χ2n) is 5.24. The van der Waals surface area contributed by atoms with E-state index in [-0.39, 0.29) is 19.0 Å². The highest BCUT2D eigenvalue weighted by atomic mass is 19.4. The van der Waals surface area contributed by atoms with E-state index in [1.807, 2.05) is 6.07 Å². The monoisotopic (exact) mass is 341 g/mol. The van der Waals surface area contributed by atoms with Crippen LogP contribution in [0.25, 0.3) is 0 Å². The van der Waals surface area contributed by atoms with E-state index in [1.165, 1.54) is 0 Å². The number of nitrogens with one attached hydrogen (secondary N) is 1. The molecule has 2 N–H and O–H groups in total. The summed E-state index contributed by atoms with van der Waals surface area (Å²) in [6, 6.07) is 10.8. The fourth-order valence-electron chi connectivity index (χ4n) is 2.21. The summed E-state index contributed by atoms with van der Waals surface area (Å²) in [6.45, 7) is -0.220. The van der Waals surface area contributed by atoms with E-state index < -0.39 is 35.1 Å². The third kappa shape index (κ3) is 4.79. The van der Waals surface area contributed by atoms with Gasteiger partial charge in [-0.3, -0.25) is 4.79 Å². The molecule has 7 heteroatoms. The summed E-state index contributed by atoms with van der Waals surface area (Å²) in [5, 5.41) is 12.1. The van der Waals surface area contributed by atoms with Gasteiger partial charge < -0.3 is 10.4 Å². The molecule has 1 atom stereocenters. The Morgan fingerprint density at radius 2 is 1.79 bits per heavy atom. The minimum atomic E-state index is -4.85. The zero-order valence-corrected chi connectivity index (χ0v) is 12.5. The van der Waals surface area contributed by atoms with E-state index >= 15 is 0 Å². The lowest BCUT2D eigenvalue weighted by Crippen LogP contribution is -2.34. The van der Waals surface area contributed by atoms with Gasteiger partial charge in [0.2, 0.25) is 0 Å².